The van der Waals surface area contributed by atoms with Gasteiger partial charge in [-0.2, -0.15) is 4.31 Å². The molecule has 0 aromatic carbocycles. The zero-order valence-corrected chi connectivity index (χ0v) is 12.5. The maximum atomic E-state index is 12.6. The lowest BCUT2D eigenvalue weighted by atomic mass is 9.95. The number of hydrogen-bond acceptors (Lipinski definition) is 3. The number of aryl methyl sites for hydroxylation is 1. The summed E-state index contributed by atoms with van der Waals surface area (Å²) in [5, 5.41) is 0.233. The molecule has 0 spiro atoms. The second-order valence-electron chi connectivity index (χ2n) is 5.05. The highest BCUT2D eigenvalue weighted by Gasteiger charge is 2.32. The number of H-pyrrole nitrogens is 1. The zero-order valence-electron chi connectivity index (χ0n) is 11.7. The SMILES string of the molecule is CCc1ncc(S(=O)(=O)N(CC)C2CCCCC2)[nH]1. The molecule has 0 saturated heterocycles. The van der Waals surface area contributed by atoms with Crippen LogP contribution in [0.2, 0.25) is 0 Å². The third-order valence-electron chi connectivity index (χ3n) is 3.82. The molecule has 5 nitrogen and oxygen atoms in total. The molecule has 0 unspecified atom stereocenters. The van der Waals surface area contributed by atoms with E-state index < -0.39 is 10.0 Å². The van der Waals surface area contributed by atoms with Crippen molar-refractivity contribution in [2.75, 3.05) is 6.54 Å². The zero-order chi connectivity index (χ0) is 13.9. The highest BCUT2D eigenvalue weighted by atomic mass is 32.2. The van der Waals surface area contributed by atoms with Crippen molar-refractivity contribution < 1.29 is 8.42 Å². The number of rotatable bonds is 5. The van der Waals surface area contributed by atoms with Crippen LogP contribution in [-0.4, -0.2) is 35.3 Å². The molecule has 1 fully saturated rings. The molecule has 1 aliphatic carbocycles. The van der Waals surface area contributed by atoms with Gasteiger partial charge in [0.1, 0.15) is 5.82 Å². The van der Waals surface area contributed by atoms with Gasteiger partial charge in [0.25, 0.3) is 10.0 Å². The molecule has 1 heterocycles. The molecule has 0 aliphatic heterocycles. The highest BCUT2D eigenvalue weighted by Crippen LogP contribution is 2.26. The Morgan fingerprint density at radius 2 is 2.00 bits per heavy atom. The van der Waals surface area contributed by atoms with Crippen LogP contribution in [0.3, 0.4) is 0 Å². The first-order valence-electron chi connectivity index (χ1n) is 7.15. The molecule has 0 atom stereocenters. The Kier molecular flexibility index (Phi) is 4.62. The summed E-state index contributed by atoms with van der Waals surface area (Å²) in [6.07, 6.45) is 7.58. The van der Waals surface area contributed by atoms with Crippen LogP contribution in [-0.2, 0) is 16.4 Å². The standard InChI is InChI=1S/C13H23N3O2S/c1-3-12-14-10-13(15-12)19(17,18)16(4-2)11-8-6-5-7-9-11/h10-11H,3-9H2,1-2H3,(H,14,15). The van der Waals surface area contributed by atoms with Crippen molar-refractivity contribution >= 4 is 10.0 Å². The first-order valence-corrected chi connectivity index (χ1v) is 8.59. The summed E-state index contributed by atoms with van der Waals surface area (Å²) in [4.78, 5) is 7.02. The average Bonchev–Trinajstić information content (AvgIpc) is 2.90. The van der Waals surface area contributed by atoms with Crippen molar-refractivity contribution in [3.05, 3.63) is 12.0 Å². The van der Waals surface area contributed by atoms with E-state index in [0.29, 0.717) is 13.0 Å². The Morgan fingerprint density at radius 1 is 1.32 bits per heavy atom. The minimum Gasteiger partial charge on any atom is -0.332 e. The lowest BCUT2D eigenvalue weighted by molar-refractivity contribution is 0.261. The van der Waals surface area contributed by atoms with Gasteiger partial charge in [-0.1, -0.05) is 33.1 Å². The Hall–Kier alpha value is -0.880. The quantitative estimate of drug-likeness (QED) is 0.903. The van der Waals surface area contributed by atoms with E-state index in [1.807, 2.05) is 13.8 Å². The predicted molar refractivity (Wildman–Crippen MR) is 74.4 cm³/mol. The first-order chi connectivity index (χ1) is 9.09. The number of hydrogen-bond donors (Lipinski definition) is 1. The minimum atomic E-state index is -3.42. The number of nitrogens with zero attached hydrogens (tertiary/aromatic N) is 2. The largest absolute Gasteiger partial charge is 0.332 e. The number of imidazole rings is 1. The van der Waals surface area contributed by atoms with Gasteiger partial charge in [-0.25, -0.2) is 13.4 Å². The topological polar surface area (TPSA) is 66.1 Å². The summed E-state index contributed by atoms with van der Waals surface area (Å²) in [5.74, 6) is 0.721. The molecule has 6 heteroatoms. The van der Waals surface area contributed by atoms with Crippen molar-refractivity contribution in [1.29, 1.82) is 0 Å². The maximum absolute atomic E-state index is 12.6. The Bertz CT molecular complexity index is 504. The average molecular weight is 285 g/mol. The Morgan fingerprint density at radius 3 is 2.53 bits per heavy atom. The molecule has 108 valence electrons. The summed E-state index contributed by atoms with van der Waals surface area (Å²) in [7, 11) is -3.42. The molecule has 1 aromatic rings. The van der Waals surface area contributed by atoms with E-state index in [2.05, 4.69) is 9.97 Å². The Balaban J connectivity index is 2.24. The van der Waals surface area contributed by atoms with Crippen LogP contribution in [0.5, 0.6) is 0 Å². The molecule has 1 saturated carbocycles. The van der Waals surface area contributed by atoms with Crippen LogP contribution >= 0.6 is 0 Å². The van der Waals surface area contributed by atoms with Gasteiger partial charge in [0, 0.05) is 19.0 Å². The van der Waals surface area contributed by atoms with E-state index in [-0.39, 0.29) is 11.1 Å². The molecule has 19 heavy (non-hydrogen) atoms. The number of aromatic amines is 1. The molecular formula is C13H23N3O2S. The second-order valence-corrected chi connectivity index (χ2v) is 6.91. The van der Waals surface area contributed by atoms with Crippen molar-refractivity contribution in [3.8, 4) is 0 Å². The molecule has 1 N–H and O–H groups in total. The van der Waals surface area contributed by atoms with Gasteiger partial charge in [0.15, 0.2) is 5.03 Å². The predicted octanol–water partition coefficient (Wildman–Crippen LogP) is 2.32. The fourth-order valence-electron chi connectivity index (χ4n) is 2.77. The summed E-state index contributed by atoms with van der Waals surface area (Å²) < 4.78 is 26.9. The van der Waals surface area contributed by atoms with Gasteiger partial charge in [-0.3, -0.25) is 0 Å². The van der Waals surface area contributed by atoms with E-state index >= 15 is 0 Å². The van der Waals surface area contributed by atoms with Crippen LogP contribution in [0, 0.1) is 0 Å². The van der Waals surface area contributed by atoms with Gasteiger partial charge >= 0.3 is 0 Å². The molecule has 1 aromatic heterocycles. The van der Waals surface area contributed by atoms with Crippen LogP contribution in [0.1, 0.15) is 51.8 Å². The summed E-state index contributed by atoms with van der Waals surface area (Å²) >= 11 is 0. The van der Waals surface area contributed by atoms with E-state index in [1.54, 1.807) is 4.31 Å². The van der Waals surface area contributed by atoms with Gasteiger partial charge in [0.2, 0.25) is 0 Å². The number of sulfonamides is 1. The van der Waals surface area contributed by atoms with E-state index in [0.717, 1.165) is 31.5 Å². The van der Waals surface area contributed by atoms with Gasteiger partial charge < -0.3 is 4.98 Å². The van der Waals surface area contributed by atoms with E-state index in [1.165, 1.54) is 12.6 Å². The van der Waals surface area contributed by atoms with Crippen LogP contribution in [0.4, 0.5) is 0 Å². The molecule has 1 aliphatic rings. The third kappa shape index (κ3) is 3.00. The van der Waals surface area contributed by atoms with Gasteiger partial charge in [-0.15, -0.1) is 0 Å². The van der Waals surface area contributed by atoms with Crippen molar-refractivity contribution in [1.82, 2.24) is 14.3 Å². The van der Waals surface area contributed by atoms with Crippen molar-refractivity contribution in [2.45, 2.75) is 63.4 Å². The summed E-state index contributed by atoms with van der Waals surface area (Å²) in [6, 6.07) is 0.150. The lowest BCUT2D eigenvalue weighted by Crippen LogP contribution is -2.41. The van der Waals surface area contributed by atoms with E-state index in [9.17, 15) is 8.42 Å². The number of nitrogens with one attached hydrogen (secondary N) is 1. The normalized spacial score (nSPS) is 18.1. The molecular weight excluding hydrogens is 262 g/mol. The number of aromatic nitrogens is 2. The maximum Gasteiger partial charge on any atom is 0.260 e. The second kappa shape index (κ2) is 6.05. The molecule has 0 radical (unpaired) electrons. The fourth-order valence-corrected chi connectivity index (χ4v) is 4.40. The fraction of sp³-hybridized carbons (Fsp3) is 0.769. The smallest absolute Gasteiger partial charge is 0.260 e. The van der Waals surface area contributed by atoms with Gasteiger partial charge in [-0.05, 0) is 12.8 Å². The van der Waals surface area contributed by atoms with Crippen LogP contribution < -0.4 is 0 Å². The third-order valence-corrected chi connectivity index (χ3v) is 5.76. The van der Waals surface area contributed by atoms with E-state index in [4.69, 9.17) is 0 Å². The minimum absolute atomic E-state index is 0.150. The van der Waals surface area contributed by atoms with Crippen LogP contribution in [0.25, 0.3) is 0 Å². The van der Waals surface area contributed by atoms with Crippen molar-refractivity contribution in [3.63, 3.8) is 0 Å². The Labute approximate surface area is 115 Å². The molecule has 0 amide bonds. The molecule has 0 bridgehead atoms. The van der Waals surface area contributed by atoms with Crippen molar-refractivity contribution in [2.24, 2.45) is 0 Å². The van der Waals surface area contributed by atoms with Gasteiger partial charge in [0.05, 0.1) is 6.20 Å². The monoisotopic (exact) mass is 285 g/mol. The van der Waals surface area contributed by atoms with Crippen LogP contribution in [0.15, 0.2) is 11.2 Å². The lowest BCUT2D eigenvalue weighted by Gasteiger charge is -2.32. The first kappa shape index (κ1) is 14.5. The summed E-state index contributed by atoms with van der Waals surface area (Å²) in [6.45, 7) is 4.38. The molecule has 2 rings (SSSR count). The highest BCUT2D eigenvalue weighted by molar-refractivity contribution is 7.89. The summed E-state index contributed by atoms with van der Waals surface area (Å²) in [5.41, 5.74) is 0.